The number of hydrogen-bond acceptors (Lipinski definition) is 4. The van der Waals surface area contributed by atoms with Crippen molar-refractivity contribution < 1.29 is 23.1 Å². The average molecular weight is 348 g/mol. The van der Waals surface area contributed by atoms with Gasteiger partial charge in [-0.3, -0.25) is 4.79 Å². The standard InChI is InChI=1S/C18H18F2N2O3/c1-12-6-5-8-15(13(12)2)22-17(23)11-24-21-10-14-7-3-4-9-16(14)25-18(19)20/h3-10,18H,11H2,1-2H3,(H,22,23)/b21-10+. The van der Waals surface area contributed by atoms with Crippen molar-refractivity contribution in [1.82, 2.24) is 0 Å². The van der Waals surface area contributed by atoms with Crippen molar-refractivity contribution in [1.29, 1.82) is 0 Å². The van der Waals surface area contributed by atoms with Crippen LogP contribution in [-0.4, -0.2) is 25.3 Å². The van der Waals surface area contributed by atoms with Gasteiger partial charge in [-0.1, -0.05) is 29.4 Å². The highest BCUT2D eigenvalue weighted by Crippen LogP contribution is 2.19. The molecule has 0 aliphatic heterocycles. The van der Waals surface area contributed by atoms with Gasteiger partial charge in [0.05, 0.1) is 6.21 Å². The zero-order chi connectivity index (χ0) is 18.2. The first-order chi connectivity index (χ1) is 12.0. The minimum absolute atomic E-state index is 0.0234. The van der Waals surface area contributed by atoms with E-state index in [1.165, 1.54) is 12.3 Å². The van der Waals surface area contributed by atoms with Gasteiger partial charge in [0.15, 0.2) is 6.61 Å². The van der Waals surface area contributed by atoms with Crippen molar-refractivity contribution in [2.45, 2.75) is 20.5 Å². The van der Waals surface area contributed by atoms with Gasteiger partial charge in [0.25, 0.3) is 5.91 Å². The van der Waals surface area contributed by atoms with Crippen molar-refractivity contribution in [2.24, 2.45) is 5.16 Å². The lowest BCUT2D eigenvalue weighted by molar-refractivity contribution is -0.120. The van der Waals surface area contributed by atoms with E-state index in [-0.39, 0.29) is 18.3 Å². The van der Waals surface area contributed by atoms with Crippen molar-refractivity contribution in [3.05, 3.63) is 59.2 Å². The van der Waals surface area contributed by atoms with E-state index in [1.807, 2.05) is 26.0 Å². The largest absolute Gasteiger partial charge is 0.434 e. The van der Waals surface area contributed by atoms with Crippen molar-refractivity contribution in [3.63, 3.8) is 0 Å². The molecular formula is C18H18F2N2O3. The third-order valence-corrected chi connectivity index (χ3v) is 3.48. The first-order valence-corrected chi connectivity index (χ1v) is 7.52. The smallest absolute Gasteiger partial charge is 0.387 e. The van der Waals surface area contributed by atoms with Crippen LogP contribution in [0.15, 0.2) is 47.6 Å². The van der Waals surface area contributed by atoms with Crippen LogP contribution in [0, 0.1) is 13.8 Å². The Kier molecular flexibility index (Phi) is 6.45. The maximum atomic E-state index is 12.3. The number of rotatable bonds is 7. The fourth-order valence-corrected chi connectivity index (χ4v) is 2.05. The summed E-state index contributed by atoms with van der Waals surface area (Å²) in [6, 6.07) is 11.7. The van der Waals surface area contributed by atoms with Gasteiger partial charge >= 0.3 is 6.61 Å². The highest BCUT2D eigenvalue weighted by Gasteiger charge is 2.08. The number of carbonyl (C=O) groups is 1. The summed E-state index contributed by atoms with van der Waals surface area (Å²) >= 11 is 0. The third kappa shape index (κ3) is 5.56. The molecule has 1 amide bonds. The van der Waals surface area contributed by atoms with Crippen LogP contribution < -0.4 is 10.1 Å². The monoisotopic (exact) mass is 348 g/mol. The molecule has 2 aromatic carbocycles. The summed E-state index contributed by atoms with van der Waals surface area (Å²) in [6.07, 6.45) is 1.21. The Morgan fingerprint density at radius 2 is 1.96 bits per heavy atom. The van der Waals surface area contributed by atoms with E-state index in [2.05, 4.69) is 15.2 Å². The fourth-order valence-electron chi connectivity index (χ4n) is 2.05. The Labute approximate surface area is 144 Å². The molecule has 0 unspecified atom stereocenters. The number of nitrogens with zero attached hydrogens (tertiary/aromatic N) is 1. The van der Waals surface area contributed by atoms with Gasteiger partial charge < -0.3 is 14.9 Å². The molecule has 2 rings (SSSR count). The van der Waals surface area contributed by atoms with Gasteiger partial charge in [0.1, 0.15) is 5.75 Å². The maximum Gasteiger partial charge on any atom is 0.387 e. The lowest BCUT2D eigenvalue weighted by Gasteiger charge is -2.09. The lowest BCUT2D eigenvalue weighted by Crippen LogP contribution is -2.17. The molecule has 0 aliphatic carbocycles. The molecule has 0 heterocycles. The van der Waals surface area contributed by atoms with Crippen LogP contribution >= 0.6 is 0 Å². The number of amides is 1. The van der Waals surface area contributed by atoms with Crippen LogP contribution in [0.4, 0.5) is 14.5 Å². The Balaban J connectivity index is 1.89. The molecule has 0 atom stereocenters. The fraction of sp³-hybridized carbons (Fsp3) is 0.222. The van der Waals surface area contributed by atoms with E-state index < -0.39 is 6.61 Å². The van der Waals surface area contributed by atoms with Gasteiger partial charge in [-0.05, 0) is 43.2 Å². The van der Waals surface area contributed by atoms with E-state index >= 15 is 0 Å². The van der Waals surface area contributed by atoms with E-state index in [4.69, 9.17) is 4.84 Å². The molecule has 0 aromatic heterocycles. The molecular weight excluding hydrogens is 330 g/mol. The van der Waals surface area contributed by atoms with E-state index in [9.17, 15) is 13.6 Å². The third-order valence-electron chi connectivity index (χ3n) is 3.48. The second-order valence-electron chi connectivity index (χ2n) is 5.22. The Bertz CT molecular complexity index is 764. The number of para-hydroxylation sites is 1. The first kappa shape index (κ1) is 18.4. The molecule has 7 heteroatoms. The number of nitrogens with one attached hydrogen (secondary N) is 1. The Hall–Kier alpha value is -2.96. The number of ether oxygens (including phenoxy) is 1. The number of benzene rings is 2. The summed E-state index contributed by atoms with van der Waals surface area (Å²) in [5.74, 6) is -0.396. The van der Waals surface area contributed by atoms with E-state index in [1.54, 1.807) is 24.3 Å². The van der Waals surface area contributed by atoms with Gasteiger partial charge in [-0.2, -0.15) is 8.78 Å². The zero-order valence-corrected chi connectivity index (χ0v) is 13.8. The minimum atomic E-state index is -2.93. The van der Waals surface area contributed by atoms with Gasteiger partial charge in [0.2, 0.25) is 0 Å². The molecule has 25 heavy (non-hydrogen) atoms. The number of hydrogen-bond donors (Lipinski definition) is 1. The summed E-state index contributed by atoms with van der Waals surface area (Å²) in [7, 11) is 0. The number of oxime groups is 1. The molecule has 0 radical (unpaired) electrons. The number of carbonyl (C=O) groups excluding carboxylic acids is 1. The molecule has 132 valence electrons. The van der Waals surface area contributed by atoms with Gasteiger partial charge in [-0.15, -0.1) is 0 Å². The topological polar surface area (TPSA) is 59.9 Å². The highest BCUT2D eigenvalue weighted by atomic mass is 19.3. The number of halogens is 2. The van der Waals surface area contributed by atoms with Crippen LogP contribution in [0.25, 0.3) is 0 Å². The lowest BCUT2D eigenvalue weighted by atomic mass is 10.1. The molecule has 0 saturated heterocycles. The maximum absolute atomic E-state index is 12.3. The molecule has 5 nitrogen and oxygen atoms in total. The number of anilines is 1. The Morgan fingerprint density at radius 3 is 2.72 bits per heavy atom. The summed E-state index contributed by atoms with van der Waals surface area (Å²) < 4.78 is 29.0. The molecule has 0 spiro atoms. The average Bonchev–Trinajstić information content (AvgIpc) is 2.57. The highest BCUT2D eigenvalue weighted by molar-refractivity contribution is 5.92. The second kappa shape index (κ2) is 8.77. The molecule has 2 aromatic rings. The van der Waals surface area contributed by atoms with E-state index in [0.717, 1.165) is 11.1 Å². The summed E-state index contributed by atoms with van der Waals surface area (Å²) in [5.41, 5.74) is 3.05. The first-order valence-electron chi connectivity index (χ1n) is 7.52. The predicted molar refractivity (Wildman–Crippen MR) is 91.2 cm³/mol. The minimum Gasteiger partial charge on any atom is -0.434 e. The van der Waals surface area contributed by atoms with Gasteiger partial charge in [-0.25, -0.2) is 0 Å². The van der Waals surface area contributed by atoms with Crippen LogP contribution in [0.5, 0.6) is 5.75 Å². The second-order valence-corrected chi connectivity index (χ2v) is 5.22. The predicted octanol–water partition coefficient (Wildman–Crippen LogP) is 3.89. The molecule has 0 aliphatic rings. The number of alkyl halides is 2. The SMILES string of the molecule is Cc1cccc(NC(=O)CO/N=C/c2ccccc2OC(F)F)c1C. The quantitative estimate of drug-likeness (QED) is 0.610. The summed E-state index contributed by atoms with van der Waals surface area (Å²) in [4.78, 5) is 16.8. The molecule has 1 N–H and O–H groups in total. The molecule has 0 saturated carbocycles. The van der Waals surface area contributed by atoms with Crippen molar-refractivity contribution in [3.8, 4) is 5.75 Å². The molecule has 0 bridgehead atoms. The van der Waals surface area contributed by atoms with Gasteiger partial charge in [0, 0.05) is 11.3 Å². The van der Waals surface area contributed by atoms with Crippen molar-refractivity contribution >= 4 is 17.8 Å². The van der Waals surface area contributed by atoms with Crippen molar-refractivity contribution in [2.75, 3.05) is 11.9 Å². The van der Waals surface area contributed by atoms with Crippen LogP contribution in [0.2, 0.25) is 0 Å². The summed E-state index contributed by atoms with van der Waals surface area (Å²) in [6.45, 7) is 0.620. The normalized spacial score (nSPS) is 10.9. The Morgan fingerprint density at radius 1 is 1.20 bits per heavy atom. The van der Waals surface area contributed by atoms with Crippen LogP contribution in [0.3, 0.4) is 0 Å². The van der Waals surface area contributed by atoms with Crippen LogP contribution in [-0.2, 0) is 9.63 Å². The van der Waals surface area contributed by atoms with E-state index in [0.29, 0.717) is 11.3 Å². The number of aryl methyl sites for hydroxylation is 1. The molecule has 0 fully saturated rings. The zero-order valence-electron chi connectivity index (χ0n) is 13.8. The van der Waals surface area contributed by atoms with Crippen LogP contribution in [0.1, 0.15) is 16.7 Å². The summed E-state index contributed by atoms with van der Waals surface area (Å²) in [5, 5.41) is 6.35.